The van der Waals surface area contributed by atoms with Crippen molar-refractivity contribution in [2.75, 3.05) is 11.4 Å². The highest BCUT2D eigenvalue weighted by molar-refractivity contribution is 9.10. The lowest BCUT2D eigenvalue weighted by Gasteiger charge is -2.32. The Morgan fingerprint density at radius 3 is 2.84 bits per heavy atom. The number of nitrogens with zero attached hydrogens (tertiary/aromatic N) is 1. The molecule has 0 aliphatic carbocycles. The van der Waals surface area contributed by atoms with Crippen molar-refractivity contribution in [1.29, 1.82) is 5.41 Å². The Morgan fingerprint density at radius 2 is 2.21 bits per heavy atom. The smallest absolute Gasteiger partial charge is 0.122 e. The molecule has 0 amide bonds. The molecular formula is C15H22BrN3. The largest absolute Gasteiger partial charge is 0.384 e. The quantitative estimate of drug-likeness (QED) is 0.654. The van der Waals surface area contributed by atoms with Gasteiger partial charge in [0.1, 0.15) is 5.84 Å². The van der Waals surface area contributed by atoms with Gasteiger partial charge < -0.3 is 10.6 Å². The van der Waals surface area contributed by atoms with Gasteiger partial charge in [0.05, 0.1) is 5.69 Å². The maximum atomic E-state index is 7.50. The molecule has 1 aliphatic heterocycles. The molecule has 0 aromatic heterocycles. The highest BCUT2D eigenvalue weighted by Crippen LogP contribution is 2.32. The Bertz CT molecular complexity index is 459. The van der Waals surface area contributed by atoms with E-state index in [1.807, 2.05) is 12.1 Å². The molecule has 1 unspecified atom stereocenters. The van der Waals surface area contributed by atoms with E-state index in [9.17, 15) is 0 Å². The van der Waals surface area contributed by atoms with Gasteiger partial charge in [-0.2, -0.15) is 0 Å². The molecule has 3 nitrogen and oxygen atoms in total. The van der Waals surface area contributed by atoms with E-state index in [-0.39, 0.29) is 5.84 Å². The highest BCUT2D eigenvalue weighted by atomic mass is 79.9. The van der Waals surface area contributed by atoms with E-state index >= 15 is 0 Å². The molecule has 2 rings (SSSR count). The molecule has 3 N–H and O–H groups in total. The third-order valence-corrected chi connectivity index (χ3v) is 4.55. The van der Waals surface area contributed by atoms with Crippen molar-refractivity contribution in [3.05, 3.63) is 28.2 Å². The first kappa shape index (κ1) is 14.4. The number of nitrogens with one attached hydrogen (secondary N) is 1. The van der Waals surface area contributed by atoms with Gasteiger partial charge in [0, 0.05) is 22.6 Å². The van der Waals surface area contributed by atoms with E-state index in [1.165, 1.54) is 37.8 Å². The van der Waals surface area contributed by atoms with Crippen LogP contribution in [-0.2, 0) is 0 Å². The van der Waals surface area contributed by atoms with E-state index in [0.29, 0.717) is 6.04 Å². The van der Waals surface area contributed by atoms with E-state index in [2.05, 4.69) is 33.8 Å². The van der Waals surface area contributed by atoms with Gasteiger partial charge in [0.15, 0.2) is 0 Å². The summed E-state index contributed by atoms with van der Waals surface area (Å²) in [7, 11) is 0. The van der Waals surface area contributed by atoms with Gasteiger partial charge in [0.25, 0.3) is 0 Å². The van der Waals surface area contributed by atoms with E-state index in [4.69, 9.17) is 11.1 Å². The molecular weight excluding hydrogens is 302 g/mol. The Balaban J connectivity index is 2.30. The average molecular weight is 324 g/mol. The number of nitrogen functional groups attached to an aromatic ring is 1. The van der Waals surface area contributed by atoms with Crippen LogP contribution < -0.4 is 10.6 Å². The summed E-state index contributed by atoms with van der Waals surface area (Å²) in [4.78, 5) is 2.51. The predicted molar refractivity (Wildman–Crippen MR) is 85.1 cm³/mol. The molecule has 0 spiro atoms. The minimum atomic E-state index is 0.121. The molecule has 0 radical (unpaired) electrons. The number of rotatable bonds is 3. The van der Waals surface area contributed by atoms with Crippen LogP contribution in [0.3, 0.4) is 0 Å². The van der Waals surface area contributed by atoms with Gasteiger partial charge in [-0.05, 0) is 53.4 Å². The second-order valence-corrected chi connectivity index (χ2v) is 6.04. The SMILES string of the molecule is CCC1CCCCCN1c1ccc(C(=N)N)cc1Br. The summed E-state index contributed by atoms with van der Waals surface area (Å²) in [6, 6.07) is 6.62. The summed E-state index contributed by atoms with van der Waals surface area (Å²) in [5, 5.41) is 7.50. The molecule has 1 aliphatic rings. The average Bonchev–Trinajstić information content (AvgIpc) is 2.63. The van der Waals surface area contributed by atoms with Crippen molar-refractivity contribution in [1.82, 2.24) is 0 Å². The molecule has 1 aromatic rings. The fraction of sp³-hybridized carbons (Fsp3) is 0.533. The lowest BCUT2D eigenvalue weighted by molar-refractivity contribution is 0.556. The first-order valence-electron chi connectivity index (χ1n) is 7.04. The molecule has 1 aromatic carbocycles. The van der Waals surface area contributed by atoms with Gasteiger partial charge in [-0.3, -0.25) is 5.41 Å². The Morgan fingerprint density at radius 1 is 1.42 bits per heavy atom. The minimum absolute atomic E-state index is 0.121. The molecule has 1 fully saturated rings. The van der Waals surface area contributed by atoms with Crippen LogP contribution in [0.4, 0.5) is 5.69 Å². The van der Waals surface area contributed by atoms with Gasteiger partial charge in [0.2, 0.25) is 0 Å². The molecule has 1 saturated heterocycles. The zero-order chi connectivity index (χ0) is 13.8. The monoisotopic (exact) mass is 323 g/mol. The summed E-state index contributed by atoms with van der Waals surface area (Å²) in [5.74, 6) is 0.121. The summed E-state index contributed by atoms with van der Waals surface area (Å²) >= 11 is 3.64. The van der Waals surface area contributed by atoms with Crippen molar-refractivity contribution in [2.24, 2.45) is 5.73 Å². The second-order valence-electron chi connectivity index (χ2n) is 5.18. The standard InChI is InChI=1S/C15H22BrN3/c1-2-12-6-4-3-5-9-19(12)14-8-7-11(15(17)18)10-13(14)16/h7-8,10,12H,2-6,9H2,1H3,(H3,17,18). The van der Waals surface area contributed by atoms with Crippen LogP contribution in [0.5, 0.6) is 0 Å². The van der Waals surface area contributed by atoms with Crippen molar-refractivity contribution >= 4 is 27.5 Å². The molecule has 1 atom stereocenters. The van der Waals surface area contributed by atoms with Crippen molar-refractivity contribution in [3.8, 4) is 0 Å². The number of hydrogen-bond acceptors (Lipinski definition) is 2. The fourth-order valence-corrected chi connectivity index (χ4v) is 3.43. The number of nitrogens with two attached hydrogens (primary N) is 1. The second kappa shape index (κ2) is 6.42. The normalized spacial score (nSPS) is 20.1. The maximum Gasteiger partial charge on any atom is 0.122 e. The molecule has 1 heterocycles. The van der Waals surface area contributed by atoms with Crippen LogP contribution in [0.1, 0.15) is 44.6 Å². The summed E-state index contributed by atoms with van der Waals surface area (Å²) in [6.07, 6.45) is 6.38. The minimum Gasteiger partial charge on any atom is -0.384 e. The number of halogens is 1. The third-order valence-electron chi connectivity index (χ3n) is 3.92. The van der Waals surface area contributed by atoms with E-state index < -0.39 is 0 Å². The van der Waals surface area contributed by atoms with Crippen molar-refractivity contribution in [3.63, 3.8) is 0 Å². The van der Waals surface area contributed by atoms with Crippen LogP contribution in [-0.4, -0.2) is 18.4 Å². The molecule has 19 heavy (non-hydrogen) atoms. The Kier molecular flexibility index (Phi) is 4.86. The lowest BCUT2D eigenvalue weighted by Crippen LogP contribution is -2.34. The van der Waals surface area contributed by atoms with Gasteiger partial charge in [-0.1, -0.05) is 19.8 Å². The Labute approximate surface area is 123 Å². The zero-order valence-corrected chi connectivity index (χ0v) is 13.0. The molecule has 0 saturated carbocycles. The Hall–Kier alpha value is -1.03. The van der Waals surface area contributed by atoms with Gasteiger partial charge in [-0.15, -0.1) is 0 Å². The number of anilines is 1. The lowest BCUT2D eigenvalue weighted by atomic mass is 10.1. The maximum absolute atomic E-state index is 7.50. The van der Waals surface area contributed by atoms with Crippen LogP contribution in [0.2, 0.25) is 0 Å². The zero-order valence-electron chi connectivity index (χ0n) is 11.5. The summed E-state index contributed by atoms with van der Waals surface area (Å²) in [6.45, 7) is 3.39. The molecule has 4 heteroatoms. The van der Waals surface area contributed by atoms with Crippen LogP contribution >= 0.6 is 15.9 Å². The summed E-state index contributed by atoms with van der Waals surface area (Å²) in [5.41, 5.74) is 7.55. The van der Waals surface area contributed by atoms with E-state index in [1.54, 1.807) is 0 Å². The third kappa shape index (κ3) is 3.30. The predicted octanol–water partition coefficient (Wildman–Crippen LogP) is 3.89. The first-order chi connectivity index (χ1) is 9.13. The number of benzene rings is 1. The van der Waals surface area contributed by atoms with Crippen LogP contribution in [0.25, 0.3) is 0 Å². The first-order valence-corrected chi connectivity index (χ1v) is 7.83. The number of hydrogen-bond donors (Lipinski definition) is 2. The van der Waals surface area contributed by atoms with Gasteiger partial charge in [-0.25, -0.2) is 0 Å². The number of amidine groups is 1. The van der Waals surface area contributed by atoms with Crippen molar-refractivity contribution in [2.45, 2.75) is 45.1 Å². The van der Waals surface area contributed by atoms with E-state index in [0.717, 1.165) is 16.6 Å². The topological polar surface area (TPSA) is 53.1 Å². The van der Waals surface area contributed by atoms with Crippen LogP contribution in [0.15, 0.2) is 22.7 Å². The summed E-state index contributed by atoms with van der Waals surface area (Å²) < 4.78 is 1.04. The van der Waals surface area contributed by atoms with Gasteiger partial charge >= 0.3 is 0 Å². The van der Waals surface area contributed by atoms with Crippen LogP contribution in [0, 0.1) is 5.41 Å². The fourth-order valence-electron chi connectivity index (χ4n) is 2.83. The van der Waals surface area contributed by atoms with Crippen molar-refractivity contribution < 1.29 is 0 Å². The molecule has 0 bridgehead atoms. The highest BCUT2D eigenvalue weighted by Gasteiger charge is 2.21. The molecule has 104 valence electrons.